The highest BCUT2D eigenvalue weighted by Crippen LogP contribution is 2.15. The number of nitrogens with one attached hydrogen (secondary N) is 2. The predicted octanol–water partition coefficient (Wildman–Crippen LogP) is 1.80. The fourth-order valence-electron chi connectivity index (χ4n) is 2.87. The summed E-state index contributed by atoms with van der Waals surface area (Å²) in [4.78, 5) is 12.9. The van der Waals surface area contributed by atoms with Crippen LogP contribution in [0.1, 0.15) is 12.2 Å². The molecule has 0 amide bonds. The first kappa shape index (κ1) is 17.0. The van der Waals surface area contributed by atoms with Crippen LogP contribution in [0.4, 0.5) is 0 Å². The number of rotatable bonds is 7. The van der Waals surface area contributed by atoms with E-state index in [1.165, 1.54) is 5.52 Å². The molecule has 0 fully saturated rings. The van der Waals surface area contributed by atoms with Gasteiger partial charge in [-0.3, -0.25) is 4.99 Å². The quantitative estimate of drug-likeness (QED) is 0.391. The largest absolute Gasteiger partial charge is 0.356 e. The van der Waals surface area contributed by atoms with Gasteiger partial charge >= 0.3 is 0 Å². The number of imidazole rings is 2. The number of fused-ring (bicyclic) bond motifs is 1. The van der Waals surface area contributed by atoms with Crippen molar-refractivity contribution in [3.63, 3.8) is 0 Å². The molecule has 7 nitrogen and oxygen atoms in total. The van der Waals surface area contributed by atoms with Crippen LogP contribution in [0.15, 0.2) is 48.0 Å². The van der Waals surface area contributed by atoms with Crippen molar-refractivity contribution >= 4 is 17.0 Å². The molecule has 0 saturated heterocycles. The molecule has 3 aromatic rings. The Kier molecular flexibility index (Phi) is 5.66. The van der Waals surface area contributed by atoms with Gasteiger partial charge in [0.2, 0.25) is 0 Å². The number of aliphatic imine (C=N–C) groups is 1. The van der Waals surface area contributed by atoms with Crippen LogP contribution in [0.25, 0.3) is 11.0 Å². The molecule has 25 heavy (non-hydrogen) atoms. The minimum atomic E-state index is 0.807. The van der Waals surface area contributed by atoms with E-state index < -0.39 is 0 Å². The maximum Gasteiger partial charge on any atom is 0.191 e. The van der Waals surface area contributed by atoms with Crippen molar-refractivity contribution in [3.05, 3.63) is 48.8 Å². The zero-order valence-corrected chi connectivity index (χ0v) is 14.8. The van der Waals surface area contributed by atoms with Crippen molar-refractivity contribution in [1.29, 1.82) is 0 Å². The molecule has 2 aromatic heterocycles. The lowest BCUT2D eigenvalue weighted by Crippen LogP contribution is -2.39. The van der Waals surface area contributed by atoms with Gasteiger partial charge in [0.25, 0.3) is 0 Å². The third-order valence-corrected chi connectivity index (χ3v) is 4.14. The Morgan fingerprint density at radius 1 is 1.16 bits per heavy atom. The van der Waals surface area contributed by atoms with Gasteiger partial charge in [-0.1, -0.05) is 12.1 Å². The Balaban J connectivity index is 1.43. The zero-order chi connectivity index (χ0) is 17.5. The first-order valence-corrected chi connectivity index (χ1v) is 8.60. The summed E-state index contributed by atoms with van der Waals surface area (Å²) in [7, 11) is 1.79. The highest BCUT2D eigenvalue weighted by molar-refractivity contribution is 5.79. The van der Waals surface area contributed by atoms with E-state index in [9.17, 15) is 0 Å². The Morgan fingerprint density at radius 3 is 2.80 bits per heavy atom. The molecule has 0 bridgehead atoms. The van der Waals surface area contributed by atoms with E-state index in [2.05, 4.69) is 55.3 Å². The van der Waals surface area contributed by atoms with Crippen molar-refractivity contribution in [3.8, 4) is 0 Å². The number of para-hydroxylation sites is 2. The van der Waals surface area contributed by atoms with Gasteiger partial charge in [-0.15, -0.1) is 0 Å². The molecule has 1 aromatic carbocycles. The van der Waals surface area contributed by atoms with Crippen LogP contribution in [0.2, 0.25) is 0 Å². The summed E-state index contributed by atoms with van der Waals surface area (Å²) in [6.45, 7) is 5.52. The van der Waals surface area contributed by atoms with E-state index >= 15 is 0 Å². The lowest BCUT2D eigenvalue weighted by molar-refractivity contribution is 0.617. The van der Waals surface area contributed by atoms with E-state index in [0.29, 0.717) is 0 Å². The summed E-state index contributed by atoms with van der Waals surface area (Å²) in [6, 6.07) is 8.27. The highest BCUT2D eigenvalue weighted by Gasteiger charge is 2.06. The van der Waals surface area contributed by atoms with Crippen LogP contribution in [-0.2, 0) is 13.1 Å². The maximum atomic E-state index is 4.61. The van der Waals surface area contributed by atoms with Crippen LogP contribution in [-0.4, -0.2) is 45.2 Å². The molecule has 0 aliphatic carbocycles. The molecule has 0 aliphatic rings. The number of hydrogen-bond acceptors (Lipinski definition) is 3. The average molecular weight is 339 g/mol. The lowest BCUT2D eigenvalue weighted by Gasteiger charge is -2.13. The van der Waals surface area contributed by atoms with E-state index in [1.807, 2.05) is 23.2 Å². The smallest absolute Gasteiger partial charge is 0.191 e. The van der Waals surface area contributed by atoms with Gasteiger partial charge in [-0.05, 0) is 25.5 Å². The summed E-state index contributed by atoms with van der Waals surface area (Å²) in [5.41, 5.74) is 2.26. The van der Waals surface area contributed by atoms with Crippen LogP contribution >= 0.6 is 0 Å². The topological polar surface area (TPSA) is 72.1 Å². The first-order valence-electron chi connectivity index (χ1n) is 8.60. The molecule has 0 aliphatic heterocycles. The summed E-state index contributed by atoms with van der Waals surface area (Å²) in [5.74, 6) is 1.89. The standard InChI is InChI=1S/C18H25N7/c1-15-23-16-6-3-4-7-17(16)25(15)11-5-8-21-18(19-2)22-10-13-24-12-9-20-14-24/h3-4,6-7,9,12,14H,5,8,10-11,13H2,1-2H3,(H2,19,21,22). The lowest BCUT2D eigenvalue weighted by atomic mass is 10.3. The molecule has 0 saturated carbocycles. The minimum absolute atomic E-state index is 0.807. The third-order valence-electron chi connectivity index (χ3n) is 4.14. The number of hydrogen-bond donors (Lipinski definition) is 2. The Morgan fingerprint density at radius 2 is 2.00 bits per heavy atom. The highest BCUT2D eigenvalue weighted by atomic mass is 15.2. The SMILES string of the molecule is CN=C(NCCCn1c(C)nc2ccccc21)NCCn1ccnc1. The molecule has 0 spiro atoms. The van der Waals surface area contributed by atoms with Crippen LogP contribution in [0, 0.1) is 6.92 Å². The third kappa shape index (κ3) is 4.37. The molecular formula is C18H25N7. The number of aryl methyl sites for hydroxylation is 2. The van der Waals surface area contributed by atoms with Gasteiger partial charge in [0.15, 0.2) is 5.96 Å². The Labute approximate surface area is 147 Å². The van der Waals surface area contributed by atoms with Crippen LogP contribution in [0.5, 0.6) is 0 Å². The molecule has 7 heteroatoms. The van der Waals surface area contributed by atoms with Gasteiger partial charge in [0.1, 0.15) is 5.82 Å². The molecule has 2 N–H and O–H groups in total. The number of guanidine groups is 1. The van der Waals surface area contributed by atoms with Gasteiger partial charge in [0, 0.05) is 45.6 Å². The zero-order valence-electron chi connectivity index (χ0n) is 14.8. The summed E-state index contributed by atoms with van der Waals surface area (Å²) in [6.07, 6.45) is 6.56. The van der Waals surface area contributed by atoms with Crippen molar-refractivity contribution in [2.45, 2.75) is 26.4 Å². The van der Waals surface area contributed by atoms with Crippen LogP contribution in [0.3, 0.4) is 0 Å². The minimum Gasteiger partial charge on any atom is -0.356 e. The first-order chi connectivity index (χ1) is 12.3. The normalized spacial score (nSPS) is 11.8. The average Bonchev–Trinajstić information content (AvgIpc) is 3.24. The molecule has 3 rings (SSSR count). The van der Waals surface area contributed by atoms with E-state index in [0.717, 1.165) is 49.9 Å². The molecule has 2 heterocycles. The van der Waals surface area contributed by atoms with Gasteiger partial charge in [-0.25, -0.2) is 9.97 Å². The van der Waals surface area contributed by atoms with E-state index in [1.54, 1.807) is 13.2 Å². The summed E-state index contributed by atoms with van der Waals surface area (Å²) >= 11 is 0. The molecule has 0 radical (unpaired) electrons. The molecule has 0 unspecified atom stereocenters. The fourth-order valence-corrected chi connectivity index (χ4v) is 2.87. The van der Waals surface area contributed by atoms with Gasteiger partial charge in [-0.2, -0.15) is 0 Å². The Bertz CT molecular complexity index is 817. The second-order valence-corrected chi connectivity index (χ2v) is 5.88. The Hall–Kier alpha value is -2.83. The molecule has 0 atom stereocenters. The number of benzene rings is 1. The molecule has 132 valence electrons. The van der Waals surface area contributed by atoms with Crippen LogP contribution < -0.4 is 10.6 Å². The second-order valence-electron chi connectivity index (χ2n) is 5.88. The summed E-state index contributed by atoms with van der Waals surface area (Å²) in [5, 5.41) is 6.67. The van der Waals surface area contributed by atoms with Crippen molar-refractivity contribution in [1.82, 2.24) is 29.7 Å². The van der Waals surface area contributed by atoms with Crippen molar-refractivity contribution < 1.29 is 0 Å². The number of aromatic nitrogens is 4. The van der Waals surface area contributed by atoms with E-state index in [-0.39, 0.29) is 0 Å². The monoisotopic (exact) mass is 339 g/mol. The summed E-state index contributed by atoms with van der Waals surface area (Å²) < 4.78 is 4.31. The van der Waals surface area contributed by atoms with Gasteiger partial charge in [0.05, 0.1) is 17.4 Å². The fraction of sp³-hybridized carbons (Fsp3) is 0.389. The maximum absolute atomic E-state index is 4.61. The second kappa shape index (κ2) is 8.32. The van der Waals surface area contributed by atoms with Crippen molar-refractivity contribution in [2.24, 2.45) is 4.99 Å². The van der Waals surface area contributed by atoms with Crippen molar-refractivity contribution in [2.75, 3.05) is 20.1 Å². The van der Waals surface area contributed by atoms with E-state index in [4.69, 9.17) is 0 Å². The molecular weight excluding hydrogens is 314 g/mol. The number of nitrogens with zero attached hydrogens (tertiary/aromatic N) is 5. The van der Waals surface area contributed by atoms with Gasteiger partial charge < -0.3 is 19.8 Å². The predicted molar refractivity (Wildman–Crippen MR) is 101 cm³/mol.